The second kappa shape index (κ2) is 32.9. The highest BCUT2D eigenvalue weighted by atomic mass is 32.2. The third kappa shape index (κ3) is 19.0. The molecule has 2 aliphatic carbocycles. The number of rotatable bonds is 26. The molecule has 22 heteroatoms. The lowest BCUT2D eigenvalue weighted by molar-refractivity contribution is -0.138. The Bertz CT molecular complexity index is 5850. The van der Waals surface area contributed by atoms with Gasteiger partial charge in [-0.05, 0) is 169 Å². The van der Waals surface area contributed by atoms with Crippen LogP contribution in [0.4, 0.5) is 35.1 Å². The van der Waals surface area contributed by atoms with Gasteiger partial charge in [-0.3, -0.25) is 19.2 Å². The lowest BCUT2D eigenvalue weighted by atomic mass is 9.98. The van der Waals surface area contributed by atoms with Crippen LogP contribution in [0.1, 0.15) is 152 Å². The summed E-state index contributed by atoms with van der Waals surface area (Å²) < 4.78 is 425. The van der Waals surface area contributed by atoms with Crippen molar-refractivity contribution in [3.63, 3.8) is 0 Å². The first-order chi connectivity index (χ1) is 59.4. The number of benzene rings is 6. The Labute approximate surface area is 614 Å². The van der Waals surface area contributed by atoms with Crippen LogP contribution in [0, 0.1) is 24.5 Å². The van der Waals surface area contributed by atoms with Crippen molar-refractivity contribution in [3.05, 3.63) is 233 Å². The van der Waals surface area contributed by atoms with Crippen LogP contribution in [0.25, 0.3) is 22.3 Å². The molecule has 2 amide bonds. The van der Waals surface area contributed by atoms with Gasteiger partial charge in [-0.15, -0.1) is 0 Å². The van der Waals surface area contributed by atoms with Gasteiger partial charge in [0.2, 0.25) is 11.8 Å². The maximum absolute atomic E-state index is 15.2. The first-order valence-corrected chi connectivity index (χ1v) is 30.1. The summed E-state index contributed by atoms with van der Waals surface area (Å²) in [6.07, 6.45) is -16.8. The van der Waals surface area contributed by atoms with Gasteiger partial charge in [0.15, 0.2) is 10.3 Å². The molecule has 0 radical (unpaired) electrons. The van der Waals surface area contributed by atoms with E-state index in [4.69, 9.17) is 38.4 Å². The molecule has 0 aliphatic heterocycles. The number of alkyl halides is 6. The van der Waals surface area contributed by atoms with E-state index in [1.807, 2.05) is 0 Å². The number of carbonyl (C=O) groups is 2. The number of hydrogen-bond acceptors (Lipinski definition) is 10. The number of hydrogen-bond donors (Lipinski definition) is 0. The quantitative estimate of drug-likeness (QED) is 0.0295. The van der Waals surface area contributed by atoms with E-state index in [0.717, 1.165) is 86.6 Å². The Morgan fingerprint density at radius 1 is 0.573 bits per heavy atom. The van der Waals surface area contributed by atoms with Crippen molar-refractivity contribution in [2.24, 2.45) is 5.89 Å². The van der Waals surface area contributed by atoms with Crippen LogP contribution >= 0.6 is 23.5 Å². The van der Waals surface area contributed by atoms with E-state index < -0.39 is 252 Å². The van der Waals surface area contributed by atoms with Crippen LogP contribution in [-0.4, -0.2) is 102 Å². The number of fused-ring (bicyclic) bond motifs is 2. The van der Waals surface area contributed by atoms with E-state index >= 15 is 9.59 Å². The Hall–Kier alpha value is -7.92. The SMILES string of the molecule is [2H]C([2H])(Sc1nc(=O)c2c(n1C([2H])([2H])C(=O)N(Cc1ccc(-c3ccc(C(F)(F)F)cc3)cc1)C([2H])([2H])C([2H])([2H])N(C([2H])([2H])C)C([2H])([2H])C)C([2H])([2H])C([2H])(C)C2([2H])[2H])c1ccc(F)cc1.[2H]c1c([2H])c(-c2c([2H])c([2H])c(C(F)(F)F)c([2H])c2[2H])c([2H])c(C)c1CN(C(=O)C([2H])([2H])n1c(SC([2H])([2H])c2ccc(F)cc2)nc(=O)c2c1CCC2)C([2H])([2H])C([2H])([2H])N(C([2H])([2H])C)C([2H])([2H])C. The Balaban J connectivity index is 0.000000297. The minimum atomic E-state index is -5.39. The van der Waals surface area contributed by atoms with E-state index in [1.54, 1.807) is 0 Å². The zero-order valence-corrected chi connectivity index (χ0v) is 53.0. The van der Waals surface area contributed by atoms with Crippen LogP contribution < -0.4 is 11.1 Å². The maximum Gasteiger partial charge on any atom is 0.416 e. The van der Waals surface area contributed by atoms with Crippen LogP contribution in [-0.2, 0) is 85.0 Å². The fourth-order valence-electron chi connectivity index (χ4n) is 8.94. The molecule has 1 atom stereocenters. The summed E-state index contributed by atoms with van der Waals surface area (Å²) in [4.78, 5) is 64.1. The molecule has 0 saturated heterocycles. The summed E-state index contributed by atoms with van der Waals surface area (Å²) in [6, 6.07) is 7.21. The number of nitrogens with zero attached hydrogens (tertiary/aromatic N) is 8. The zero-order valence-electron chi connectivity index (χ0n) is 87.3. The summed E-state index contributed by atoms with van der Waals surface area (Å²) in [5, 5.41) is -2.00. The monoisotopic (exact) mass is 1400 g/mol. The van der Waals surface area contributed by atoms with E-state index in [0.29, 0.717) is 32.3 Å². The largest absolute Gasteiger partial charge is 0.416 e. The molecule has 96 heavy (non-hydrogen) atoms. The highest BCUT2D eigenvalue weighted by molar-refractivity contribution is 7.98. The molecule has 0 bridgehead atoms. The van der Waals surface area contributed by atoms with Gasteiger partial charge in [0, 0.05) is 102 Å². The van der Waals surface area contributed by atoms with Crippen molar-refractivity contribution in [3.8, 4) is 22.3 Å². The minimum Gasteiger partial charge on any atom is -0.336 e. The molecule has 508 valence electrons. The van der Waals surface area contributed by atoms with E-state index in [2.05, 4.69) is 9.97 Å². The smallest absolute Gasteiger partial charge is 0.336 e. The number of carbonyl (C=O) groups excluding carboxylic acids is 2. The number of aromatic nitrogens is 4. The summed E-state index contributed by atoms with van der Waals surface area (Å²) in [5.74, 6) is -8.85. The Morgan fingerprint density at radius 2 is 1.03 bits per heavy atom. The Kier molecular flexibility index (Phi) is 13.1. The van der Waals surface area contributed by atoms with Crippen molar-refractivity contribution >= 4 is 35.3 Å². The van der Waals surface area contributed by atoms with E-state index in [-0.39, 0.29) is 106 Å². The van der Waals surface area contributed by atoms with Crippen LogP contribution in [0.5, 0.6) is 0 Å². The Morgan fingerprint density at radius 3 is 1.53 bits per heavy atom. The number of thioether (sulfide) groups is 2. The third-order valence-corrected chi connectivity index (χ3v) is 15.4. The fourth-order valence-corrected chi connectivity index (χ4v) is 10.4. The highest BCUT2D eigenvalue weighted by Gasteiger charge is 2.33. The highest BCUT2D eigenvalue weighted by Crippen LogP contribution is 2.35. The van der Waals surface area contributed by atoms with Crippen LogP contribution in [0.15, 0.2) is 159 Å². The molecule has 1 unspecified atom stereocenters. The molecule has 0 N–H and O–H groups in total. The van der Waals surface area contributed by atoms with Gasteiger partial charge in [-0.1, -0.05) is 149 Å². The second-order valence-corrected chi connectivity index (χ2v) is 21.8. The molecule has 2 aromatic heterocycles. The van der Waals surface area contributed by atoms with Crippen molar-refractivity contribution in [1.29, 1.82) is 0 Å². The second-order valence-electron chi connectivity index (χ2n) is 20.3. The van der Waals surface area contributed by atoms with Gasteiger partial charge in [0.25, 0.3) is 11.1 Å². The predicted octanol–water partition coefficient (Wildman–Crippen LogP) is 15.0. The van der Waals surface area contributed by atoms with Crippen molar-refractivity contribution in [1.82, 2.24) is 38.7 Å². The van der Waals surface area contributed by atoms with E-state index in [1.165, 1.54) is 24.3 Å². The molecule has 0 fully saturated rings. The fraction of sp³-hybridized carbons (Fsp3) is 0.378. The lowest BCUT2D eigenvalue weighted by Crippen LogP contribution is -2.40. The third-order valence-electron chi connectivity index (χ3n) is 13.8. The van der Waals surface area contributed by atoms with Crippen LogP contribution in [0.2, 0.25) is 0 Å². The normalized spacial score (nSPS) is 22.7. The molecular formula is C74H80F8N8O4S2. The van der Waals surface area contributed by atoms with Gasteiger partial charge >= 0.3 is 12.4 Å². The molecule has 0 spiro atoms. The summed E-state index contributed by atoms with van der Waals surface area (Å²) >= 11 is -0.0486. The molecule has 6 aromatic carbocycles. The number of amides is 2. The first-order valence-electron chi connectivity index (χ1n) is 46.4. The molecule has 8 aromatic rings. The van der Waals surface area contributed by atoms with Gasteiger partial charge in [0.1, 0.15) is 24.6 Å². The first kappa shape index (κ1) is 38.3. The van der Waals surface area contributed by atoms with E-state index in [9.17, 15) is 55.7 Å². The van der Waals surface area contributed by atoms with Crippen molar-refractivity contribution in [2.75, 3.05) is 52.0 Å². The summed E-state index contributed by atoms with van der Waals surface area (Å²) in [6.45, 7) is -34.8. The lowest BCUT2D eigenvalue weighted by Gasteiger charge is -2.28. The predicted molar refractivity (Wildman–Crippen MR) is 362 cm³/mol. The molecule has 2 aliphatic rings. The average Bonchev–Trinajstić information content (AvgIpc) is 1.51. The topological polar surface area (TPSA) is 117 Å². The van der Waals surface area contributed by atoms with Crippen molar-refractivity contribution < 1.29 is 94.1 Å². The van der Waals surface area contributed by atoms with Crippen LogP contribution in [0.3, 0.4) is 0 Å². The van der Waals surface area contributed by atoms with Gasteiger partial charge in [-0.2, -0.15) is 36.3 Å². The molecular weight excluding hydrogens is 1280 g/mol. The van der Waals surface area contributed by atoms with Gasteiger partial charge < -0.3 is 28.7 Å². The van der Waals surface area contributed by atoms with Gasteiger partial charge in [-0.25, -0.2) is 8.78 Å². The number of halogens is 8. The molecule has 12 nitrogen and oxygen atoms in total. The van der Waals surface area contributed by atoms with Gasteiger partial charge in [0.05, 0.1) is 31.7 Å². The summed E-state index contributed by atoms with van der Waals surface area (Å²) in [5.41, 5.74) is -17.4. The molecule has 10 rings (SSSR count). The van der Waals surface area contributed by atoms with Crippen molar-refractivity contribution in [2.45, 2.75) is 134 Å². The summed E-state index contributed by atoms with van der Waals surface area (Å²) in [7, 11) is 0. The number of likely N-dealkylation sites (N-methyl/N-ethyl adjacent to an activating group) is 2. The zero-order chi connectivity index (χ0) is 101. The minimum absolute atomic E-state index is 0.0187. The standard InChI is InChI=1S/2C37H40F4N4O2S/c1-4-43(5-2)18-19-44(22-26-6-10-28(11-7-26)29-12-14-30(15-13-29)37(39,40)41)34(46)23-45-33-21-25(3)20-32(33)35(47)42-36(45)48-24-27-8-16-31(38)17-9-27;1-4-43(5-2)19-20-44(22-29-12-11-28(21-25(29)3)27-13-15-30(16-14-27)37(39,40)41)34(46)23-45-33-8-6-7-32(33)35(47)42-36(45)48-24-26-9-17-31(38)18-10-26/h6-17,25H,4-5,18-24H2,1-3H3;9-18,21H,4-8,19-20,22-24H2,1-3H3/i4D2,5D2,18D2,19D2,20D2,21D2,23D2,24D2,25D;4D2,5D2,11D,12D,13D,14D,15D,16D,19D2,20D2,21D,23D2,24D2. The molecule has 0 saturated carbocycles. The average molecular weight is 1400 g/mol. The molecule has 2 heterocycles. The maximum atomic E-state index is 15.2.